The van der Waals surface area contributed by atoms with E-state index in [1.807, 2.05) is 13.1 Å². The van der Waals surface area contributed by atoms with Crippen molar-refractivity contribution in [3.05, 3.63) is 12.4 Å². The zero-order chi connectivity index (χ0) is 12.0. The highest BCUT2D eigenvalue weighted by Crippen LogP contribution is 2.07. The van der Waals surface area contributed by atoms with Crippen molar-refractivity contribution in [2.75, 3.05) is 23.4 Å². The summed E-state index contributed by atoms with van der Waals surface area (Å²) in [5, 5.41) is 3.22. The Labute approximate surface area is 99.9 Å². The van der Waals surface area contributed by atoms with Crippen LogP contribution in [-0.4, -0.2) is 31.8 Å². The number of nitrogens with one attached hydrogen (secondary N) is 1. The van der Waals surface area contributed by atoms with Crippen LogP contribution in [-0.2, 0) is 17.3 Å². The van der Waals surface area contributed by atoms with Crippen LogP contribution in [0.3, 0.4) is 0 Å². The fourth-order valence-corrected chi connectivity index (χ4v) is 2.06. The highest BCUT2D eigenvalue weighted by atomic mass is 32.2. The van der Waals surface area contributed by atoms with Gasteiger partial charge in [0.05, 0.1) is 0 Å². The lowest BCUT2D eigenvalue weighted by atomic mass is 10.2. The van der Waals surface area contributed by atoms with Crippen molar-refractivity contribution in [1.29, 1.82) is 0 Å². The number of hydrogen-bond donors (Lipinski definition) is 1. The zero-order valence-corrected chi connectivity index (χ0v) is 11.1. The van der Waals surface area contributed by atoms with Gasteiger partial charge >= 0.3 is 0 Å². The first kappa shape index (κ1) is 13.2. The van der Waals surface area contributed by atoms with E-state index in [0.717, 1.165) is 24.8 Å². The maximum absolute atomic E-state index is 11.2. The maximum Gasteiger partial charge on any atom is 0.202 e. The van der Waals surface area contributed by atoms with Gasteiger partial charge in [0.15, 0.2) is 0 Å². The summed E-state index contributed by atoms with van der Waals surface area (Å²) < 4.78 is 13.3. The van der Waals surface area contributed by atoms with Crippen molar-refractivity contribution in [1.82, 2.24) is 9.55 Å². The lowest BCUT2D eigenvalue weighted by Crippen LogP contribution is -2.16. The molecule has 0 amide bonds. The molecule has 0 radical (unpaired) electrons. The van der Waals surface area contributed by atoms with Crippen LogP contribution in [0.5, 0.6) is 0 Å². The van der Waals surface area contributed by atoms with Gasteiger partial charge in [-0.05, 0) is 5.92 Å². The Morgan fingerprint density at radius 1 is 1.56 bits per heavy atom. The molecule has 0 fully saturated rings. The highest BCUT2D eigenvalue weighted by molar-refractivity contribution is 7.84. The number of rotatable bonds is 7. The van der Waals surface area contributed by atoms with Crippen LogP contribution >= 0.6 is 0 Å². The predicted molar refractivity (Wildman–Crippen MR) is 69.1 cm³/mol. The molecule has 0 spiro atoms. The molecule has 0 aliphatic rings. The Balaban J connectivity index is 2.41. The monoisotopic (exact) mass is 243 g/mol. The fraction of sp³-hybridized carbons (Fsp3) is 0.727. The molecule has 1 rings (SSSR count). The van der Waals surface area contributed by atoms with Crippen LogP contribution in [0.4, 0.5) is 5.95 Å². The second-order valence-corrected chi connectivity index (χ2v) is 6.02. The van der Waals surface area contributed by atoms with Crippen molar-refractivity contribution in [3.63, 3.8) is 0 Å². The van der Waals surface area contributed by atoms with Gasteiger partial charge in [0, 0.05) is 47.8 Å². The molecule has 1 aromatic heterocycles. The number of hydrogen-bond acceptors (Lipinski definition) is 3. The second kappa shape index (κ2) is 6.68. The van der Waals surface area contributed by atoms with Gasteiger partial charge in [-0.25, -0.2) is 4.98 Å². The normalized spacial score (nSPS) is 13.0. The van der Waals surface area contributed by atoms with Crippen LogP contribution in [0.1, 0.15) is 20.8 Å². The topological polar surface area (TPSA) is 46.9 Å². The average molecular weight is 243 g/mol. The summed E-state index contributed by atoms with van der Waals surface area (Å²) in [6.07, 6.45) is 3.76. The number of aromatic nitrogens is 2. The van der Waals surface area contributed by atoms with Gasteiger partial charge in [-0.2, -0.15) is 0 Å². The van der Waals surface area contributed by atoms with Crippen molar-refractivity contribution < 1.29 is 4.21 Å². The van der Waals surface area contributed by atoms with Gasteiger partial charge in [0.1, 0.15) is 0 Å². The summed E-state index contributed by atoms with van der Waals surface area (Å²) >= 11 is 0. The van der Waals surface area contributed by atoms with E-state index in [1.54, 1.807) is 6.20 Å². The number of anilines is 1. The molecule has 0 saturated heterocycles. The molecule has 4 nitrogen and oxygen atoms in total. The maximum atomic E-state index is 11.2. The van der Waals surface area contributed by atoms with Gasteiger partial charge in [-0.3, -0.25) is 4.21 Å². The van der Waals surface area contributed by atoms with Crippen molar-refractivity contribution in [2.45, 2.75) is 27.3 Å². The van der Waals surface area contributed by atoms with Gasteiger partial charge < -0.3 is 9.88 Å². The van der Waals surface area contributed by atoms with E-state index in [-0.39, 0.29) is 0 Å². The highest BCUT2D eigenvalue weighted by Gasteiger charge is 2.04. The van der Waals surface area contributed by atoms with Crippen LogP contribution < -0.4 is 5.32 Å². The van der Waals surface area contributed by atoms with Gasteiger partial charge in [-0.1, -0.05) is 20.8 Å². The molecule has 1 aromatic rings. The van der Waals surface area contributed by atoms with E-state index in [1.165, 1.54) is 0 Å². The van der Waals surface area contributed by atoms with Gasteiger partial charge in [0.25, 0.3) is 0 Å². The third kappa shape index (κ3) is 4.35. The summed E-state index contributed by atoms with van der Waals surface area (Å²) in [7, 11) is -0.705. The van der Waals surface area contributed by atoms with Crippen LogP contribution in [0.2, 0.25) is 0 Å². The Morgan fingerprint density at radius 2 is 2.31 bits per heavy atom. The third-order valence-electron chi connectivity index (χ3n) is 2.21. The standard InChI is InChI=1S/C11H21N3OS/c1-4-16(15)8-6-13-11-12-5-7-14(11)9-10(2)3/h5,7,10H,4,6,8-9H2,1-3H3,(H,12,13). The largest absolute Gasteiger partial charge is 0.355 e. The van der Waals surface area contributed by atoms with Crippen LogP contribution in [0, 0.1) is 5.92 Å². The van der Waals surface area contributed by atoms with Crippen LogP contribution in [0.25, 0.3) is 0 Å². The third-order valence-corrected chi connectivity index (χ3v) is 3.52. The number of imidazole rings is 1. The quantitative estimate of drug-likeness (QED) is 0.793. The lowest BCUT2D eigenvalue weighted by molar-refractivity contribution is 0.526. The molecule has 1 unspecified atom stereocenters. The molecule has 0 aliphatic carbocycles. The molecule has 0 aliphatic heterocycles. The SMILES string of the molecule is CCS(=O)CCNc1nccn1CC(C)C. The number of nitrogens with zero attached hydrogens (tertiary/aromatic N) is 2. The molecule has 16 heavy (non-hydrogen) atoms. The van der Waals surface area contributed by atoms with Gasteiger partial charge in [0.2, 0.25) is 5.95 Å². The average Bonchev–Trinajstić information content (AvgIpc) is 2.64. The first-order chi connectivity index (χ1) is 7.63. The van der Waals surface area contributed by atoms with E-state index in [2.05, 4.69) is 28.7 Å². The Kier molecular flexibility index (Phi) is 5.52. The lowest BCUT2D eigenvalue weighted by Gasteiger charge is -2.11. The molecule has 0 bridgehead atoms. The van der Waals surface area contributed by atoms with E-state index < -0.39 is 10.8 Å². The Morgan fingerprint density at radius 3 is 2.94 bits per heavy atom. The molecule has 5 heteroatoms. The molecule has 1 heterocycles. The van der Waals surface area contributed by atoms with E-state index in [4.69, 9.17) is 0 Å². The summed E-state index contributed by atoms with van der Waals surface area (Å²) in [6, 6.07) is 0. The molecular weight excluding hydrogens is 222 g/mol. The smallest absolute Gasteiger partial charge is 0.202 e. The molecule has 0 saturated carbocycles. The summed E-state index contributed by atoms with van der Waals surface area (Å²) in [5.41, 5.74) is 0. The zero-order valence-electron chi connectivity index (χ0n) is 10.3. The minimum atomic E-state index is -0.705. The summed E-state index contributed by atoms with van der Waals surface area (Å²) in [5.74, 6) is 2.88. The minimum absolute atomic E-state index is 0.597. The van der Waals surface area contributed by atoms with Gasteiger partial charge in [-0.15, -0.1) is 0 Å². The second-order valence-electron chi connectivity index (χ2n) is 4.16. The van der Waals surface area contributed by atoms with Crippen LogP contribution in [0.15, 0.2) is 12.4 Å². The molecular formula is C11H21N3OS. The Hall–Kier alpha value is -0.840. The van der Waals surface area contributed by atoms with E-state index >= 15 is 0 Å². The first-order valence-corrected chi connectivity index (χ1v) is 7.22. The van der Waals surface area contributed by atoms with Crippen molar-refractivity contribution in [3.8, 4) is 0 Å². The molecule has 1 N–H and O–H groups in total. The van der Waals surface area contributed by atoms with E-state index in [0.29, 0.717) is 11.7 Å². The van der Waals surface area contributed by atoms with E-state index in [9.17, 15) is 4.21 Å². The fourth-order valence-electron chi connectivity index (χ4n) is 1.44. The summed E-state index contributed by atoms with van der Waals surface area (Å²) in [6.45, 7) is 7.97. The Bertz CT molecular complexity index is 336. The summed E-state index contributed by atoms with van der Waals surface area (Å²) in [4.78, 5) is 4.24. The predicted octanol–water partition coefficient (Wildman–Crippen LogP) is 1.72. The molecule has 0 aromatic carbocycles. The minimum Gasteiger partial charge on any atom is -0.355 e. The van der Waals surface area contributed by atoms with Crippen molar-refractivity contribution >= 4 is 16.7 Å². The molecule has 1 atom stereocenters. The first-order valence-electron chi connectivity index (χ1n) is 5.73. The molecule has 92 valence electrons. The van der Waals surface area contributed by atoms with Crippen molar-refractivity contribution in [2.24, 2.45) is 5.92 Å².